The minimum absolute atomic E-state index is 0.0360. The molecule has 0 fully saturated rings. The van der Waals surface area contributed by atoms with Gasteiger partial charge in [0.1, 0.15) is 18.7 Å². The van der Waals surface area contributed by atoms with Crippen molar-refractivity contribution in [2.45, 2.75) is 13.0 Å². The Kier molecular flexibility index (Phi) is 5.10. The van der Waals surface area contributed by atoms with Gasteiger partial charge in [-0.1, -0.05) is 35.5 Å². The molecular weight excluding hydrogens is 375 g/mol. The first kappa shape index (κ1) is 18.5. The molecule has 29 heavy (non-hydrogen) atoms. The summed E-state index contributed by atoms with van der Waals surface area (Å²) in [5, 5.41) is 10.6. The van der Waals surface area contributed by atoms with E-state index >= 15 is 0 Å². The second-order valence-corrected chi connectivity index (χ2v) is 6.41. The van der Waals surface area contributed by atoms with Crippen LogP contribution in [0.2, 0.25) is 0 Å². The van der Waals surface area contributed by atoms with Gasteiger partial charge in [-0.05, 0) is 36.2 Å². The number of benzene rings is 2. The number of fused-ring (bicyclic) bond motifs is 1. The van der Waals surface area contributed by atoms with E-state index in [1.54, 1.807) is 0 Å². The van der Waals surface area contributed by atoms with Crippen LogP contribution in [0, 0.1) is 5.82 Å². The highest BCUT2D eigenvalue weighted by molar-refractivity contribution is 5.76. The maximum absolute atomic E-state index is 13.1. The minimum atomic E-state index is -0.471. The lowest BCUT2D eigenvalue weighted by atomic mass is 10.1. The van der Waals surface area contributed by atoms with Gasteiger partial charge in [0.25, 0.3) is 5.56 Å². The molecule has 1 N–H and O–H groups in total. The van der Waals surface area contributed by atoms with Gasteiger partial charge in [-0.15, -0.1) is 5.10 Å². The monoisotopic (exact) mass is 392 g/mol. The zero-order valence-electron chi connectivity index (χ0n) is 15.3. The fourth-order valence-electron chi connectivity index (χ4n) is 2.91. The molecule has 8 nitrogen and oxygen atoms in total. The number of carbonyl (C=O) groups excluding carboxylic acids is 1. The fourth-order valence-corrected chi connectivity index (χ4v) is 2.91. The van der Waals surface area contributed by atoms with Crippen LogP contribution in [0.5, 0.6) is 0 Å². The lowest BCUT2D eigenvalue weighted by molar-refractivity contribution is -0.121. The van der Waals surface area contributed by atoms with Gasteiger partial charge in [-0.25, -0.2) is 9.37 Å². The maximum Gasteiger partial charge on any atom is 0.284 e. The fraction of sp³-hybridized carbons (Fsp3) is 0.150. The van der Waals surface area contributed by atoms with Crippen molar-refractivity contribution >= 4 is 17.1 Å². The Morgan fingerprint density at radius 2 is 1.83 bits per heavy atom. The molecular formula is C20H17FN6O2. The molecule has 0 unspecified atom stereocenters. The smallest absolute Gasteiger partial charge is 0.284 e. The summed E-state index contributed by atoms with van der Waals surface area (Å²) < 4.78 is 15.6. The van der Waals surface area contributed by atoms with E-state index in [4.69, 9.17) is 0 Å². The Balaban J connectivity index is 1.47. The lowest BCUT2D eigenvalue weighted by Gasteiger charge is -2.07. The Morgan fingerprint density at radius 3 is 2.59 bits per heavy atom. The van der Waals surface area contributed by atoms with Crippen molar-refractivity contribution in [1.82, 2.24) is 29.9 Å². The lowest BCUT2D eigenvalue weighted by Crippen LogP contribution is -2.33. The van der Waals surface area contributed by atoms with E-state index in [0.29, 0.717) is 18.7 Å². The van der Waals surface area contributed by atoms with Gasteiger partial charge < -0.3 is 5.32 Å². The van der Waals surface area contributed by atoms with Crippen LogP contribution in [0.4, 0.5) is 4.39 Å². The first-order chi connectivity index (χ1) is 14.1. The molecule has 0 aliphatic carbocycles. The Bertz CT molecular complexity index is 1200. The number of halogens is 1. The van der Waals surface area contributed by atoms with Gasteiger partial charge in [0, 0.05) is 6.54 Å². The molecule has 0 atom stereocenters. The second-order valence-electron chi connectivity index (χ2n) is 6.41. The predicted octanol–water partition coefficient (Wildman–Crippen LogP) is 1.48. The highest BCUT2D eigenvalue weighted by Crippen LogP contribution is 2.12. The zero-order valence-corrected chi connectivity index (χ0v) is 15.3. The number of rotatable bonds is 6. The summed E-state index contributed by atoms with van der Waals surface area (Å²) in [6.07, 6.45) is 1.98. The van der Waals surface area contributed by atoms with Crippen molar-refractivity contribution in [2.24, 2.45) is 0 Å². The number of carbonyl (C=O) groups is 1. The normalized spacial score (nSPS) is 10.9. The van der Waals surface area contributed by atoms with Crippen LogP contribution in [0.3, 0.4) is 0 Å². The number of hydrogen-bond donors (Lipinski definition) is 1. The van der Waals surface area contributed by atoms with Crippen LogP contribution in [0.25, 0.3) is 16.9 Å². The zero-order chi connectivity index (χ0) is 20.2. The van der Waals surface area contributed by atoms with Crippen LogP contribution in [0.15, 0.2) is 65.7 Å². The number of amides is 1. The van der Waals surface area contributed by atoms with Crippen molar-refractivity contribution in [3.8, 4) is 5.69 Å². The van der Waals surface area contributed by atoms with Crippen LogP contribution >= 0.6 is 0 Å². The Hall–Kier alpha value is -3.88. The standard InChI is InChI=1S/C20H17FN6O2/c21-15-6-8-16(9-7-15)27-19-18(24-25-27)20(29)26(13-23-19)12-17(28)22-11-10-14-4-2-1-3-5-14/h1-9,13H,10-12H2,(H,22,28). The van der Waals surface area contributed by atoms with Gasteiger partial charge in [0.2, 0.25) is 5.91 Å². The molecule has 9 heteroatoms. The van der Waals surface area contributed by atoms with Gasteiger partial charge >= 0.3 is 0 Å². The van der Waals surface area contributed by atoms with E-state index in [0.717, 1.165) is 5.56 Å². The van der Waals surface area contributed by atoms with Gasteiger partial charge in [0.15, 0.2) is 11.2 Å². The molecule has 2 aromatic carbocycles. The molecule has 0 saturated heterocycles. The molecule has 2 aromatic heterocycles. The van der Waals surface area contributed by atoms with Crippen molar-refractivity contribution in [1.29, 1.82) is 0 Å². The predicted molar refractivity (Wildman–Crippen MR) is 104 cm³/mol. The van der Waals surface area contributed by atoms with Crippen LogP contribution in [0.1, 0.15) is 5.56 Å². The largest absolute Gasteiger partial charge is 0.354 e. The number of hydrogen-bond acceptors (Lipinski definition) is 5. The molecule has 4 aromatic rings. The molecule has 4 rings (SSSR count). The van der Waals surface area contributed by atoms with Crippen molar-refractivity contribution < 1.29 is 9.18 Å². The third-order valence-electron chi connectivity index (χ3n) is 4.39. The molecule has 0 bridgehead atoms. The van der Waals surface area contributed by atoms with Crippen molar-refractivity contribution in [3.63, 3.8) is 0 Å². The average Bonchev–Trinajstić information content (AvgIpc) is 3.16. The number of nitrogens with one attached hydrogen (secondary N) is 1. The summed E-state index contributed by atoms with van der Waals surface area (Å²) in [6.45, 7) is 0.300. The quantitative estimate of drug-likeness (QED) is 0.536. The van der Waals surface area contributed by atoms with E-state index in [9.17, 15) is 14.0 Å². The third kappa shape index (κ3) is 4.03. The highest BCUT2D eigenvalue weighted by Gasteiger charge is 2.14. The van der Waals surface area contributed by atoms with E-state index in [2.05, 4.69) is 20.6 Å². The molecule has 146 valence electrons. The summed E-state index contributed by atoms with van der Waals surface area (Å²) >= 11 is 0. The van der Waals surface area contributed by atoms with Crippen molar-refractivity contribution in [3.05, 3.63) is 82.7 Å². The van der Waals surface area contributed by atoms with Gasteiger partial charge in [-0.3, -0.25) is 14.2 Å². The van der Waals surface area contributed by atoms with E-state index in [1.165, 1.54) is 39.8 Å². The highest BCUT2D eigenvalue weighted by atomic mass is 19.1. The SMILES string of the molecule is O=C(Cn1cnc2c(nnn2-c2ccc(F)cc2)c1=O)NCCc1ccccc1. The van der Waals surface area contributed by atoms with E-state index < -0.39 is 5.56 Å². The maximum atomic E-state index is 13.1. The molecule has 0 saturated carbocycles. The van der Waals surface area contributed by atoms with Crippen LogP contribution in [-0.2, 0) is 17.8 Å². The van der Waals surface area contributed by atoms with Gasteiger partial charge in [0.05, 0.1) is 5.69 Å². The van der Waals surface area contributed by atoms with Gasteiger partial charge in [-0.2, -0.15) is 4.68 Å². The Morgan fingerprint density at radius 1 is 1.07 bits per heavy atom. The molecule has 0 radical (unpaired) electrons. The molecule has 1 amide bonds. The number of aromatic nitrogens is 5. The summed E-state index contributed by atoms with van der Waals surface area (Å²) in [7, 11) is 0. The molecule has 2 heterocycles. The first-order valence-electron chi connectivity index (χ1n) is 8.99. The summed E-state index contributed by atoms with van der Waals surface area (Å²) in [5.74, 6) is -0.679. The first-order valence-corrected chi connectivity index (χ1v) is 8.99. The number of nitrogens with zero attached hydrogens (tertiary/aromatic N) is 5. The van der Waals surface area contributed by atoms with Crippen LogP contribution in [-0.4, -0.2) is 37.0 Å². The van der Waals surface area contributed by atoms with E-state index in [1.807, 2.05) is 30.3 Å². The Labute approximate surface area is 164 Å². The molecule has 0 aliphatic rings. The minimum Gasteiger partial charge on any atom is -0.354 e. The second kappa shape index (κ2) is 8.01. The third-order valence-corrected chi connectivity index (χ3v) is 4.39. The van der Waals surface area contributed by atoms with Crippen molar-refractivity contribution in [2.75, 3.05) is 6.54 Å². The summed E-state index contributed by atoms with van der Waals surface area (Å²) in [5.41, 5.74) is 1.44. The summed E-state index contributed by atoms with van der Waals surface area (Å²) in [6, 6.07) is 15.4. The topological polar surface area (TPSA) is 94.7 Å². The van der Waals surface area contributed by atoms with E-state index in [-0.39, 0.29) is 29.4 Å². The average molecular weight is 392 g/mol. The molecule has 0 spiro atoms. The summed E-state index contributed by atoms with van der Waals surface area (Å²) in [4.78, 5) is 29.0. The van der Waals surface area contributed by atoms with Crippen LogP contribution < -0.4 is 10.9 Å². The molecule has 0 aliphatic heterocycles.